The summed E-state index contributed by atoms with van der Waals surface area (Å²) in [6.45, 7) is 23.4. The van der Waals surface area contributed by atoms with E-state index in [1.165, 1.54) is 7.11 Å². The van der Waals surface area contributed by atoms with Crippen molar-refractivity contribution in [1.29, 1.82) is 0 Å². The molecule has 2 rings (SSSR count). The summed E-state index contributed by atoms with van der Waals surface area (Å²) in [5.41, 5.74) is -0.597. The third-order valence-electron chi connectivity index (χ3n) is 3.96. The second-order valence-corrected chi connectivity index (χ2v) is 8.74. The summed E-state index contributed by atoms with van der Waals surface area (Å²) in [6, 6.07) is 0. The van der Waals surface area contributed by atoms with E-state index in [2.05, 4.69) is 0 Å². The Morgan fingerprint density at radius 1 is 0.774 bits per heavy atom. The van der Waals surface area contributed by atoms with Gasteiger partial charge in [-0.15, -0.1) is 0 Å². The minimum atomic E-state index is -0.597. The number of hydrogen-bond donors (Lipinski definition) is 0. The minimum absolute atomic E-state index is 0.306. The number of rotatable bonds is 6. The minimum Gasteiger partial charge on any atom is -0.371 e. The maximum atomic E-state index is 9.93. The van der Waals surface area contributed by atoms with Gasteiger partial charge in [0, 0.05) is 20.3 Å². The van der Waals surface area contributed by atoms with E-state index < -0.39 is 11.4 Å². The van der Waals surface area contributed by atoms with Gasteiger partial charge in [-0.05, 0) is 75.7 Å². The summed E-state index contributed by atoms with van der Waals surface area (Å²) in [5.74, 6) is -1.03. The third-order valence-corrected chi connectivity index (χ3v) is 3.96. The quantitative estimate of drug-likeness (QED) is 0.435. The van der Waals surface area contributed by atoms with Gasteiger partial charge in [0.1, 0.15) is 5.60 Å². The molecule has 0 aliphatic carbocycles. The predicted octanol–water partition coefficient (Wildman–Crippen LogP) is 4.33. The van der Waals surface area contributed by atoms with Crippen molar-refractivity contribution in [3.63, 3.8) is 0 Å². The van der Waals surface area contributed by atoms with Crippen LogP contribution >= 0.6 is 0 Å². The lowest BCUT2D eigenvalue weighted by molar-refractivity contribution is -0.244. The molecule has 2 aliphatic rings. The number of ether oxygens (including phenoxy) is 7. The third kappa shape index (κ3) is 21.0. The van der Waals surface area contributed by atoms with Gasteiger partial charge in [-0.1, -0.05) is 0 Å². The molecular weight excluding hydrogens is 404 g/mol. The highest BCUT2D eigenvalue weighted by Crippen LogP contribution is 2.16. The zero-order valence-electron chi connectivity index (χ0n) is 21.8. The van der Waals surface area contributed by atoms with Crippen LogP contribution in [0, 0.1) is 0 Å². The summed E-state index contributed by atoms with van der Waals surface area (Å²) in [7, 11) is 1.51. The standard InChI is InChI=1S/C7H16O2.C6H12O2.2C5H10O2/c1-5-8-7(3,4)9-6-2;1-6(2)7-4-3-5-8-6;1-5(2)6-3-4-7-5;1-5(2,4-6)7-3/h5-6H2,1-4H3;3-5H2,1-2H3;3-4H2,1-2H3;4H,1-3H3. The van der Waals surface area contributed by atoms with Gasteiger partial charge < -0.3 is 38.0 Å². The highest BCUT2D eigenvalue weighted by molar-refractivity contribution is 5.60. The molecule has 2 aliphatic heterocycles. The smallest absolute Gasteiger partial charge is 0.162 e. The first-order chi connectivity index (χ1) is 14.2. The molecule has 2 fully saturated rings. The Hall–Kier alpha value is -0.610. The van der Waals surface area contributed by atoms with E-state index in [0.29, 0.717) is 13.2 Å². The van der Waals surface area contributed by atoms with Gasteiger partial charge in [0.2, 0.25) is 0 Å². The number of hydrogen-bond acceptors (Lipinski definition) is 8. The molecule has 0 bridgehead atoms. The van der Waals surface area contributed by atoms with Crippen molar-refractivity contribution in [2.75, 3.05) is 46.8 Å². The molecule has 8 nitrogen and oxygen atoms in total. The van der Waals surface area contributed by atoms with Crippen LogP contribution in [0.25, 0.3) is 0 Å². The zero-order chi connectivity index (χ0) is 24.6. The molecule has 0 N–H and O–H groups in total. The first-order valence-electron chi connectivity index (χ1n) is 11.0. The van der Waals surface area contributed by atoms with Gasteiger partial charge in [0.15, 0.2) is 23.6 Å². The summed E-state index contributed by atoms with van der Waals surface area (Å²) >= 11 is 0. The first-order valence-corrected chi connectivity index (χ1v) is 11.0. The van der Waals surface area contributed by atoms with Crippen molar-refractivity contribution in [3.8, 4) is 0 Å². The number of methoxy groups -OCH3 is 1. The van der Waals surface area contributed by atoms with E-state index >= 15 is 0 Å². The molecule has 0 unspecified atom stereocenters. The lowest BCUT2D eigenvalue weighted by Crippen LogP contribution is -2.33. The molecule has 0 spiro atoms. The highest BCUT2D eigenvalue weighted by atomic mass is 16.7. The van der Waals surface area contributed by atoms with Gasteiger partial charge in [-0.3, -0.25) is 0 Å². The molecular formula is C23H48O8. The average Bonchev–Trinajstić information content (AvgIpc) is 3.07. The lowest BCUT2D eigenvalue weighted by Gasteiger charge is -2.29. The van der Waals surface area contributed by atoms with E-state index in [1.54, 1.807) is 13.8 Å². The lowest BCUT2D eigenvalue weighted by atomic mass is 10.2. The topological polar surface area (TPSA) is 81.7 Å². The molecule has 0 aromatic rings. The summed E-state index contributed by atoms with van der Waals surface area (Å²) in [5, 5.41) is 0. The maximum Gasteiger partial charge on any atom is 0.162 e. The van der Waals surface area contributed by atoms with Crippen molar-refractivity contribution >= 4 is 6.29 Å². The largest absolute Gasteiger partial charge is 0.371 e. The molecule has 8 heteroatoms. The Kier molecular flexibility index (Phi) is 16.9. The molecule has 31 heavy (non-hydrogen) atoms. The SMILES string of the molecule is CC1(C)OCCCO1.CC1(C)OCCO1.CCOC(C)(C)OCC.COC(C)(C)C=O. The zero-order valence-corrected chi connectivity index (χ0v) is 21.8. The van der Waals surface area contributed by atoms with Crippen molar-refractivity contribution < 1.29 is 38.0 Å². The van der Waals surface area contributed by atoms with Gasteiger partial charge in [0.25, 0.3) is 0 Å². The molecule has 2 saturated heterocycles. The summed E-state index contributed by atoms with van der Waals surface area (Å²) in [6.07, 6.45) is 1.80. The molecule has 188 valence electrons. The van der Waals surface area contributed by atoms with Gasteiger partial charge in [-0.2, -0.15) is 0 Å². The predicted molar refractivity (Wildman–Crippen MR) is 121 cm³/mol. The number of carbonyl (C=O) groups is 1. The van der Waals surface area contributed by atoms with Crippen LogP contribution in [0.3, 0.4) is 0 Å². The Bertz CT molecular complexity index is 423. The van der Waals surface area contributed by atoms with Crippen molar-refractivity contribution in [3.05, 3.63) is 0 Å². The Morgan fingerprint density at radius 2 is 1.13 bits per heavy atom. The van der Waals surface area contributed by atoms with Crippen molar-refractivity contribution in [2.45, 2.75) is 98.6 Å². The number of aldehydes is 1. The second kappa shape index (κ2) is 16.1. The Balaban J connectivity index is 0. The number of carbonyl (C=O) groups excluding carboxylic acids is 1. The monoisotopic (exact) mass is 452 g/mol. The van der Waals surface area contributed by atoms with Crippen molar-refractivity contribution in [1.82, 2.24) is 0 Å². The van der Waals surface area contributed by atoms with E-state index in [9.17, 15) is 4.79 Å². The fourth-order valence-corrected chi connectivity index (χ4v) is 2.14. The average molecular weight is 453 g/mol. The van der Waals surface area contributed by atoms with Gasteiger partial charge in [-0.25, -0.2) is 0 Å². The van der Waals surface area contributed by atoms with Crippen LogP contribution in [0.2, 0.25) is 0 Å². The van der Waals surface area contributed by atoms with Crippen LogP contribution in [-0.4, -0.2) is 76.0 Å². The van der Waals surface area contributed by atoms with E-state index in [4.69, 9.17) is 33.2 Å². The van der Waals surface area contributed by atoms with Crippen LogP contribution in [0.1, 0.15) is 75.7 Å². The Labute approximate surface area is 190 Å². The van der Waals surface area contributed by atoms with E-state index in [0.717, 1.165) is 39.1 Å². The first kappa shape index (κ1) is 32.6. The van der Waals surface area contributed by atoms with Crippen LogP contribution in [0.5, 0.6) is 0 Å². The fraction of sp³-hybridized carbons (Fsp3) is 0.957. The van der Waals surface area contributed by atoms with Crippen LogP contribution in [0.15, 0.2) is 0 Å². The highest BCUT2D eigenvalue weighted by Gasteiger charge is 2.23. The van der Waals surface area contributed by atoms with Gasteiger partial charge >= 0.3 is 0 Å². The van der Waals surface area contributed by atoms with E-state index in [1.807, 2.05) is 55.4 Å². The molecule has 0 atom stereocenters. The van der Waals surface area contributed by atoms with Crippen LogP contribution < -0.4 is 0 Å². The summed E-state index contributed by atoms with van der Waals surface area (Å²) < 4.78 is 35.9. The normalized spacial score (nSPS) is 19.6. The molecule has 0 amide bonds. The molecule has 0 aromatic heterocycles. The summed E-state index contributed by atoms with van der Waals surface area (Å²) in [4.78, 5) is 9.93. The van der Waals surface area contributed by atoms with Crippen molar-refractivity contribution in [2.24, 2.45) is 0 Å². The fourth-order valence-electron chi connectivity index (χ4n) is 2.14. The molecule has 2 heterocycles. The molecule has 0 saturated carbocycles. The second-order valence-electron chi connectivity index (χ2n) is 8.74. The molecule has 0 radical (unpaired) electrons. The van der Waals surface area contributed by atoms with E-state index in [-0.39, 0.29) is 11.6 Å². The van der Waals surface area contributed by atoms with Crippen LogP contribution in [0.4, 0.5) is 0 Å². The molecule has 0 aromatic carbocycles. The maximum absolute atomic E-state index is 9.93. The van der Waals surface area contributed by atoms with Gasteiger partial charge in [0.05, 0.1) is 26.4 Å². The Morgan fingerprint density at radius 3 is 1.29 bits per heavy atom. The van der Waals surface area contributed by atoms with Crippen LogP contribution in [-0.2, 0) is 38.0 Å².